The van der Waals surface area contributed by atoms with Crippen LogP contribution in [0.3, 0.4) is 0 Å². The van der Waals surface area contributed by atoms with E-state index in [4.69, 9.17) is 5.11 Å². The number of aliphatic carboxylic acids is 1. The van der Waals surface area contributed by atoms with Crippen molar-refractivity contribution in [1.29, 1.82) is 0 Å². The van der Waals surface area contributed by atoms with Crippen molar-refractivity contribution in [2.45, 2.75) is 96.9 Å². The smallest absolute Gasteiger partial charge is 0.322 e. The lowest BCUT2D eigenvalue weighted by atomic mass is 9.43. The number of hydrogen-bond donors (Lipinski definition) is 5. The third-order valence-corrected chi connectivity index (χ3v) is 10.8. The van der Waals surface area contributed by atoms with Gasteiger partial charge in [0, 0.05) is 6.42 Å². The predicted octanol–water partition coefficient (Wildman–Crippen LogP) is 2.56. The summed E-state index contributed by atoms with van der Waals surface area (Å²) in [7, 11) is 0. The zero-order valence-corrected chi connectivity index (χ0v) is 20.4. The van der Waals surface area contributed by atoms with Gasteiger partial charge in [-0.3, -0.25) is 9.59 Å². The van der Waals surface area contributed by atoms with Gasteiger partial charge in [-0.05, 0) is 97.7 Å². The maximum atomic E-state index is 12.0. The number of nitrogens with one attached hydrogen (secondary N) is 1. The maximum Gasteiger partial charge on any atom is 0.322 e. The van der Waals surface area contributed by atoms with Crippen LogP contribution in [0.15, 0.2) is 0 Å². The number of amides is 1. The topological polar surface area (TPSA) is 127 Å². The first-order valence-corrected chi connectivity index (χ1v) is 13.0. The molecule has 4 rings (SSSR count). The summed E-state index contributed by atoms with van der Waals surface area (Å²) < 4.78 is 0. The number of rotatable bonds is 6. The monoisotopic (exact) mass is 465 g/mol. The van der Waals surface area contributed by atoms with Gasteiger partial charge in [0.1, 0.15) is 6.54 Å². The maximum absolute atomic E-state index is 12.0. The standard InChI is InChI=1S/C26H43NO6/c1-14(4-7-22(31)27-13-23(32)33)17-5-6-18-24-19(12-21(30)26(17,18)3)25(2)9-8-16(28)10-15(25)11-20(24)29/h14-21,24,28-30H,4-13H2,1-3H3,(H,27,31)(H,32,33)/t14?,15?,16-,17-,18?,19?,20?,21+,24?,25+,26-/m1/s1. The van der Waals surface area contributed by atoms with Crippen molar-refractivity contribution in [2.24, 2.45) is 46.3 Å². The van der Waals surface area contributed by atoms with Gasteiger partial charge >= 0.3 is 5.97 Å². The molecule has 0 aromatic heterocycles. The van der Waals surface area contributed by atoms with Crippen molar-refractivity contribution in [1.82, 2.24) is 5.32 Å². The highest BCUT2D eigenvalue weighted by Gasteiger charge is 2.65. The molecule has 0 aliphatic heterocycles. The molecule has 5 N–H and O–H groups in total. The molecule has 1 amide bonds. The van der Waals surface area contributed by atoms with Crippen LogP contribution in [0.2, 0.25) is 0 Å². The second-order valence-electron chi connectivity index (χ2n) is 12.2. The van der Waals surface area contributed by atoms with Crippen LogP contribution < -0.4 is 5.32 Å². The lowest BCUT2D eigenvalue weighted by molar-refractivity contribution is -0.207. The fourth-order valence-corrected chi connectivity index (χ4v) is 8.95. The summed E-state index contributed by atoms with van der Waals surface area (Å²) in [4.78, 5) is 22.7. The van der Waals surface area contributed by atoms with Gasteiger partial charge in [0.25, 0.3) is 0 Å². The van der Waals surface area contributed by atoms with Crippen LogP contribution in [0.5, 0.6) is 0 Å². The van der Waals surface area contributed by atoms with Gasteiger partial charge in [0.15, 0.2) is 0 Å². The van der Waals surface area contributed by atoms with Crippen LogP contribution in [-0.2, 0) is 9.59 Å². The van der Waals surface area contributed by atoms with Crippen LogP contribution in [0.4, 0.5) is 0 Å². The minimum Gasteiger partial charge on any atom is -0.480 e. The lowest BCUT2D eigenvalue weighted by Gasteiger charge is -2.63. The van der Waals surface area contributed by atoms with Gasteiger partial charge in [-0.2, -0.15) is 0 Å². The van der Waals surface area contributed by atoms with Gasteiger partial charge in [0.05, 0.1) is 18.3 Å². The second kappa shape index (κ2) is 9.12. The number of carbonyl (C=O) groups excluding carboxylic acids is 1. The number of hydrogen-bond acceptors (Lipinski definition) is 5. The van der Waals surface area contributed by atoms with Gasteiger partial charge in [-0.1, -0.05) is 20.8 Å². The fourth-order valence-electron chi connectivity index (χ4n) is 8.95. The highest BCUT2D eigenvalue weighted by molar-refractivity contribution is 5.81. The van der Waals surface area contributed by atoms with Crippen molar-refractivity contribution in [3.8, 4) is 0 Å². The molecule has 4 saturated carbocycles. The highest BCUT2D eigenvalue weighted by Crippen LogP contribution is 2.68. The third-order valence-electron chi connectivity index (χ3n) is 10.8. The number of carbonyl (C=O) groups is 2. The summed E-state index contributed by atoms with van der Waals surface area (Å²) in [6.07, 6.45) is 5.86. The molecule has 11 atom stereocenters. The first-order chi connectivity index (χ1) is 15.5. The molecule has 7 nitrogen and oxygen atoms in total. The lowest BCUT2D eigenvalue weighted by Crippen LogP contribution is -2.62. The van der Waals surface area contributed by atoms with Crippen LogP contribution in [0.1, 0.15) is 78.6 Å². The van der Waals surface area contributed by atoms with E-state index in [-0.39, 0.29) is 65.1 Å². The Morgan fingerprint density at radius 2 is 1.76 bits per heavy atom. The summed E-state index contributed by atoms with van der Waals surface area (Å²) in [5.74, 6) is 0.265. The normalized spacial score (nSPS) is 47.7. The van der Waals surface area contributed by atoms with E-state index in [9.17, 15) is 24.9 Å². The quantitative estimate of drug-likeness (QED) is 0.410. The van der Waals surface area contributed by atoms with Gasteiger partial charge in [0.2, 0.25) is 5.91 Å². The summed E-state index contributed by atoms with van der Waals surface area (Å²) in [5.41, 5.74) is -0.214. The SMILES string of the molecule is CC(CCC(=O)NCC(=O)O)[C@H]1CCC2C3C(O)CC4C[C@H](O)CC[C@]4(C)C3C[C@H](O)[C@@]21C. The van der Waals surface area contributed by atoms with Gasteiger partial charge in [-0.15, -0.1) is 0 Å². The van der Waals surface area contributed by atoms with E-state index in [0.717, 1.165) is 38.5 Å². The Bertz CT molecular complexity index is 759. The van der Waals surface area contributed by atoms with Crippen LogP contribution in [0, 0.1) is 46.3 Å². The minimum atomic E-state index is -1.04. The third kappa shape index (κ3) is 4.23. The Morgan fingerprint density at radius 3 is 2.45 bits per heavy atom. The zero-order valence-electron chi connectivity index (χ0n) is 20.4. The first kappa shape index (κ1) is 24.9. The van der Waals surface area contributed by atoms with Crippen molar-refractivity contribution < 1.29 is 30.0 Å². The molecular weight excluding hydrogens is 422 g/mol. The average molecular weight is 466 g/mol. The number of aliphatic hydroxyl groups is 3. The van der Waals surface area contributed by atoms with Crippen LogP contribution in [-0.4, -0.2) is 57.2 Å². The van der Waals surface area contributed by atoms with Crippen molar-refractivity contribution in [3.63, 3.8) is 0 Å². The molecule has 188 valence electrons. The summed E-state index contributed by atoms with van der Waals surface area (Å²) in [5, 5.41) is 44.4. The molecule has 4 fully saturated rings. The van der Waals surface area contributed by atoms with Gasteiger partial charge in [-0.25, -0.2) is 0 Å². The number of fused-ring (bicyclic) bond motifs is 5. The molecule has 6 unspecified atom stereocenters. The summed E-state index contributed by atoms with van der Waals surface area (Å²) in [6, 6.07) is 0. The number of carboxylic acid groups (broad SMARTS) is 1. The molecule has 0 aromatic carbocycles. The molecule has 4 aliphatic carbocycles. The van der Waals surface area contributed by atoms with E-state index in [1.807, 2.05) is 0 Å². The Morgan fingerprint density at radius 1 is 1.03 bits per heavy atom. The van der Waals surface area contributed by atoms with Crippen LogP contribution >= 0.6 is 0 Å². The van der Waals surface area contributed by atoms with Crippen LogP contribution in [0.25, 0.3) is 0 Å². The molecule has 0 bridgehead atoms. The Hall–Kier alpha value is -1.18. The van der Waals surface area contributed by atoms with E-state index in [0.29, 0.717) is 25.2 Å². The molecule has 0 spiro atoms. The van der Waals surface area contributed by atoms with E-state index in [2.05, 4.69) is 26.1 Å². The molecule has 0 aromatic rings. The first-order valence-electron chi connectivity index (χ1n) is 13.0. The van der Waals surface area contributed by atoms with Crippen molar-refractivity contribution in [3.05, 3.63) is 0 Å². The fraction of sp³-hybridized carbons (Fsp3) is 0.923. The number of aliphatic hydroxyl groups excluding tert-OH is 3. The summed E-state index contributed by atoms with van der Waals surface area (Å²) in [6.45, 7) is 6.35. The summed E-state index contributed by atoms with van der Waals surface area (Å²) >= 11 is 0. The Balaban J connectivity index is 1.49. The molecule has 4 aliphatic rings. The van der Waals surface area contributed by atoms with Gasteiger partial charge < -0.3 is 25.7 Å². The minimum absolute atomic E-state index is 0.0668. The molecule has 0 saturated heterocycles. The Kier molecular flexibility index (Phi) is 6.89. The molecule has 7 heteroatoms. The number of carboxylic acids is 1. The highest BCUT2D eigenvalue weighted by atomic mass is 16.4. The molecular formula is C26H43NO6. The zero-order chi connectivity index (χ0) is 24.1. The van der Waals surface area contributed by atoms with E-state index in [1.54, 1.807) is 0 Å². The predicted molar refractivity (Wildman–Crippen MR) is 123 cm³/mol. The van der Waals surface area contributed by atoms with Crippen molar-refractivity contribution >= 4 is 11.9 Å². The van der Waals surface area contributed by atoms with E-state index < -0.39 is 12.1 Å². The van der Waals surface area contributed by atoms with E-state index in [1.165, 1.54) is 0 Å². The molecule has 33 heavy (non-hydrogen) atoms. The molecule has 0 radical (unpaired) electrons. The van der Waals surface area contributed by atoms with Crippen molar-refractivity contribution in [2.75, 3.05) is 6.54 Å². The average Bonchev–Trinajstić information content (AvgIpc) is 3.11. The molecule has 0 heterocycles. The van der Waals surface area contributed by atoms with E-state index >= 15 is 0 Å². The largest absolute Gasteiger partial charge is 0.480 e. The Labute approximate surface area is 197 Å². The second-order valence-corrected chi connectivity index (χ2v) is 12.2.